The smallest absolute Gasteiger partial charge is 0.668 e. The summed E-state index contributed by atoms with van der Waals surface area (Å²) in [7, 11) is -4.42. The van der Waals surface area contributed by atoms with Gasteiger partial charge >= 0.3 is 80.8 Å². The van der Waals surface area contributed by atoms with Crippen LogP contribution in [0.25, 0.3) is 9.30 Å². The van der Waals surface area contributed by atoms with Crippen LogP contribution >= 0.6 is 0 Å². The molecule has 0 aliphatic carbocycles. The fourth-order valence-corrected chi connectivity index (χ4v) is 22.9. The van der Waals surface area contributed by atoms with E-state index in [0.29, 0.717) is 0 Å². The Morgan fingerprint density at radius 2 is 0.423 bits per heavy atom. The van der Waals surface area contributed by atoms with E-state index in [2.05, 4.69) is 182 Å². The van der Waals surface area contributed by atoms with E-state index in [9.17, 15) is 0 Å². The molecule has 4 aromatic rings. The van der Waals surface area contributed by atoms with Crippen LogP contribution in [0.15, 0.2) is 48.5 Å². The van der Waals surface area contributed by atoms with Gasteiger partial charge in [-0.05, 0) is 21.7 Å². The molecule has 12 heteroatoms. The third kappa shape index (κ3) is 13.3. The molecule has 0 N–H and O–H groups in total. The molecule has 0 saturated heterocycles. The Morgan fingerprint density at radius 1 is 0.308 bits per heavy atom. The molecule has 0 spiro atoms. The minimum absolute atomic E-state index is 0. The van der Waals surface area contributed by atoms with E-state index in [1.165, 1.54) is 0 Å². The zero-order chi connectivity index (χ0) is 38.5. The maximum absolute atomic E-state index is 5.10. The minimum Gasteiger partial charge on any atom is -0.668 e. The number of hydrogen-bond acceptors (Lipinski definition) is 0. The first kappa shape index (κ1) is 50.6. The molecule has 1 aliphatic rings. The van der Waals surface area contributed by atoms with Crippen LogP contribution in [0.4, 0.5) is 0 Å². The number of nitrogens with zero attached hydrogens (tertiary/aromatic N) is 6. The van der Waals surface area contributed by atoms with Crippen LogP contribution in [0, 0.1) is 80.8 Å². The Bertz CT molecular complexity index is 1380. The van der Waals surface area contributed by atoms with E-state index in [0.717, 1.165) is 45.6 Å². The average Bonchev–Trinajstić information content (AvgIpc) is 3.71. The third-order valence-corrected chi connectivity index (χ3v) is 19.8. The first-order chi connectivity index (χ1) is 22.3. The van der Waals surface area contributed by atoms with Gasteiger partial charge in [0, 0.05) is 0 Å². The Morgan fingerprint density at radius 3 is 0.500 bits per heavy atom. The van der Waals surface area contributed by atoms with E-state index in [-0.39, 0.29) is 102 Å². The molecule has 0 atom stereocenters. The summed E-state index contributed by atoms with van der Waals surface area (Å²) in [6, 6.07) is 17.2. The van der Waals surface area contributed by atoms with Crippen LogP contribution in [0.2, 0.25) is 78.6 Å². The molecule has 4 aromatic heterocycles. The van der Waals surface area contributed by atoms with E-state index < -0.39 is 32.9 Å². The number of hydrogen-bond donors (Lipinski definition) is 0. The molecular weight excluding hydrogens is 978 g/mol. The van der Waals surface area contributed by atoms with Gasteiger partial charge in [-0.15, -0.1) is 0 Å². The molecule has 1 aliphatic heterocycles. The van der Waals surface area contributed by atoms with Crippen molar-refractivity contribution in [3.63, 3.8) is 0 Å². The monoisotopic (exact) mass is 1050 g/mol. The van der Waals surface area contributed by atoms with Gasteiger partial charge in [-0.2, -0.15) is 45.6 Å². The molecule has 8 bridgehead atoms. The van der Waals surface area contributed by atoms with Crippen LogP contribution in [0.3, 0.4) is 0 Å². The summed E-state index contributed by atoms with van der Waals surface area (Å²) in [5.41, 5.74) is 7.12. The molecule has 6 nitrogen and oxygen atoms in total. The summed E-state index contributed by atoms with van der Waals surface area (Å²) >= 11 is 0. The van der Waals surface area contributed by atoms with Crippen molar-refractivity contribution < 1.29 is 80.8 Å². The van der Waals surface area contributed by atoms with E-state index >= 15 is 0 Å². The molecule has 5 rings (SSSR count). The molecule has 5 heterocycles. The van der Waals surface area contributed by atoms with Gasteiger partial charge in [0.25, 0.3) is 0 Å². The predicted octanol–water partition coefficient (Wildman–Crippen LogP) is 11.2. The number of fused-ring (bicyclic) bond motifs is 8. The van der Waals surface area contributed by atoms with Gasteiger partial charge in [-0.1, -0.05) is 215 Å². The maximum Gasteiger partial charge on any atom is 3.00 e. The summed E-state index contributed by atoms with van der Waals surface area (Å²) in [5.74, 6) is 0. The normalized spacial score (nSPS) is 17.3. The molecule has 0 fully saturated rings. The van der Waals surface area contributed by atoms with Gasteiger partial charge in [-0.3, -0.25) is 0 Å². The summed E-state index contributed by atoms with van der Waals surface area (Å²) in [6.45, 7) is 45.2. The fraction of sp³-hybridized carbons (Fsp3) is 0.600. The second-order valence-electron chi connectivity index (χ2n) is 20.3. The van der Waals surface area contributed by atoms with Gasteiger partial charge in [0.15, 0.2) is 0 Å². The number of aromatic nitrogens is 4. The standard InChI is InChI=1S/C28H32N4.2C6H18NSi2.2Sm/c1-25(2)17-9-11-19(29-17)26(3,4)21-13-15-23(31-21)28(7,8)24-16-14-22(32-24)27(5,6)20-12-10-18(25)30-20;2*1-8(2,3)7-9(4,5)6;;/h9-16H,1-8H3;2*1-6H3;;/q-4;2*-1;2*+3. The van der Waals surface area contributed by atoms with Crippen molar-refractivity contribution >= 4 is 32.9 Å². The maximum atomic E-state index is 5.10. The summed E-state index contributed by atoms with van der Waals surface area (Å²) in [6.07, 6.45) is 0. The van der Waals surface area contributed by atoms with Crippen molar-refractivity contribution in [3.05, 3.63) is 103 Å². The van der Waals surface area contributed by atoms with Crippen molar-refractivity contribution in [1.29, 1.82) is 0 Å². The molecule has 52 heavy (non-hydrogen) atoms. The van der Waals surface area contributed by atoms with Crippen molar-refractivity contribution in [1.82, 2.24) is 19.9 Å². The fourth-order valence-electron chi connectivity index (χ4n) is 6.77. The molecule has 0 saturated carbocycles. The Hall–Kier alpha value is 0.583. The minimum atomic E-state index is -1.11. The van der Waals surface area contributed by atoms with Crippen molar-refractivity contribution in [3.8, 4) is 0 Å². The second kappa shape index (κ2) is 17.6. The van der Waals surface area contributed by atoms with Gasteiger partial charge in [0.1, 0.15) is 0 Å². The van der Waals surface area contributed by atoms with Gasteiger partial charge in [-0.25, -0.2) is 0 Å². The van der Waals surface area contributed by atoms with Crippen LogP contribution in [0.5, 0.6) is 0 Å². The summed E-state index contributed by atoms with van der Waals surface area (Å²) < 4.78 is 9.64. The first-order valence-corrected chi connectivity index (χ1v) is 32.1. The quantitative estimate of drug-likeness (QED) is 0.191. The van der Waals surface area contributed by atoms with Crippen molar-refractivity contribution in [2.75, 3.05) is 0 Å². The first-order valence-electron chi connectivity index (χ1n) is 18.3. The molecule has 2 radical (unpaired) electrons. The molecule has 0 unspecified atom stereocenters. The van der Waals surface area contributed by atoms with Crippen LogP contribution in [-0.2, 0) is 21.7 Å². The number of rotatable bonds is 4. The van der Waals surface area contributed by atoms with Gasteiger partial charge in [0.2, 0.25) is 0 Å². The van der Waals surface area contributed by atoms with Crippen molar-refractivity contribution in [2.24, 2.45) is 0 Å². The summed E-state index contributed by atoms with van der Waals surface area (Å²) in [4.78, 5) is 20.4. The Balaban J connectivity index is 0.000000565. The summed E-state index contributed by atoms with van der Waals surface area (Å²) in [5, 5.41) is 0. The SMILES string of the molecule is CC1(C)c2ccc([n-]2)C(C)(C)c2ccc([n-]2)C(C)(C)c2ccc([n-]2)C(C)(C)c2ccc1[n-]2.C[Si](C)(C)[N-][Si](C)(C)C.C[Si](C)(C)[N-][Si](C)(C)C.[Sm+3].[Sm+3]. The third-order valence-electron chi connectivity index (χ3n) is 9.02. The zero-order valence-corrected chi connectivity index (χ0v) is 45.4. The van der Waals surface area contributed by atoms with Crippen LogP contribution < -0.4 is 19.9 Å². The molecular formula is C40H68N6Si4Sm2. The van der Waals surface area contributed by atoms with E-state index in [1.54, 1.807) is 0 Å². The van der Waals surface area contributed by atoms with Crippen molar-refractivity contribution in [2.45, 2.75) is 156 Å². The predicted molar refractivity (Wildman–Crippen MR) is 228 cm³/mol. The topological polar surface area (TPSA) is 84.6 Å². The zero-order valence-electron chi connectivity index (χ0n) is 36.1. The second-order valence-corrected chi connectivity index (χ2v) is 39.4. The van der Waals surface area contributed by atoms with Crippen LogP contribution in [0.1, 0.15) is 101 Å². The van der Waals surface area contributed by atoms with Gasteiger partial charge < -0.3 is 29.2 Å². The average molecular weight is 1050 g/mol. The van der Waals surface area contributed by atoms with E-state index in [1.807, 2.05) is 0 Å². The molecule has 286 valence electrons. The molecule has 0 amide bonds. The van der Waals surface area contributed by atoms with Gasteiger partial charge in [0.05, 0.1) is 0 Å². The van der Waals surface area contributed by atoms with E-state index in [4.69, 9.17) is 29.2 Å². The molecule has 0 aromatic carbocycles. The van der Waals surface area contributed by atoms with Crippen LogP contribution in [-0.4, -0.2) is 32.9 Å². The Kier molecular flexibility index (Phi) is 17.1. The Labute approximate surface area is 387 Å². The largest absolute Gasteiger partial charge is 3.00 e.